The van der Waals surface area contributed by atoms with Crippen LogP contribution >= 0.6 is 0 Å². The fourth-order valence-corrected chi connectivity index (χ4v) is 1.33. The highest BCUT2D eigenvalue weighted by molar-refractivity contribution is 5.47. The second kappa shape index (κ2) is 5.75. The first-order chi connectivity index (χ1) is 9.63. The van der Waals surface area contributed by atoms with Crippen LogP contribution in [0.25, 0.3) is 0 Å². The van der Waals surface area contributed by atoms with Gasteiger partial charge >= 0.3 is 17.7 Å². The Morgan fingerprint density at radius 2 is 1.95 bits per heavy atom. The van der Waals surface area contributed by atoms with E-state index in [1.165, 1.54) is 25.3 Å². The molecule has 104 valence electrons. The van der Waals surface area contributed by atoms with E-state index in [1.54, 1.807) is 6.07 Å². The van der Waals surface area contributed by atoms with Gasteiger partial charge in [0.15, 0.2) is 0 Å². The number of nitro groups is 1. The van der Waals surface area contributed by atoms with Crippen molar-refractivity contribution in [2.45, 2.75) is 0 Å². The molecular formula is C10H10N6O4. The van der Waals surface area contributed by atoms with Gasteiger partial charge < -0.3 is 9.47 Å². The van der Waals surface area contributed by atoms with Crippen molar-refractivity contribution in [3.05, 3.63) is 34.4 Å². The number of rotatable bonds is 5. The van der Waals surface area contributed by atoms with Crippen LogP contribution in [0.1, 0.15) is 0 Å². The summed E-state index contributed by atoms with van der Waals surface area (Å²) in [5.74, 6) is 5.19. The molecule has 10 heteroatoms. The second-order valence-corrected chi connectivity index (χ2v) is 3.40. The van der Waals surface area contributed by atoms with Crippen molar-refractivity contribution in [3.8, 4) is 17.8 Å². The van der Waals surface area contributed by atoms with Gasteiger partial charge in [-0.1, -0.05) is 12.1 Å². The van der Waals surface area contributed by atoms with Crippen LogP contribution in [0, 0.1) is 10.1 Å². The Balaban J connectivity index is 2.37. The summed E-state index contributed by atoms with van der Waals surface area (Å²) in [4.78, 5) is 21.7. The Bertz CT molecular complexity index is 613. The van der Waals surface area contributed by atoms with E-state index in [2.05, 4.69) is 20.4 Å². The SMILES string of the molecule is COc1nc(NN)nc(Oc2ccccc2[N+](=O)[O-])n1. The van der Waals surface area contributed by atoms with Crippen molar-refractivity contribution >= 4 is 11.6 Å². The number of aromatic nitrogens is 3. The topological polar surface area (TPSA) is 138 Å². The van der Waals surface area contributed by atoms with Gasteiger partial charge in [0.05, 0.1) is 12.0 Å². The third-order valence-electron chi connectivity index (χ3n) is 2.17. The van der Waals surface area contributed by atoms with Crippen LogP contribution in [0.5, 0.6) is 17.8 Å². The molecule has 1 aromatic carbocycles. The number of hydrogen-bond donors (Lipinski definition) is 2. The molecule has 0 saturated carbocycles. The summed E-state index contributed by atoms with van der Waals surface area (Å²) < 4.78 is 10.1. The number of benzene rings is 1. The van der Waals surface area contributed by atoms with E-state index in [0.717, 1.165) is 0 Å². The fourth-order valence-electron chi connectivity index (χ4n) is 1.33. The molecule has 0 radical (unpaired) electrons. The van der Waals surface area contributed by atoms with E-state index in [4.69, 9.17) is 15.3 Å². The molecule has 2 aromatic rings. The van der Waals surface area contributed by atoms with Gasteiger partial charge in [0, 0.05) is 6.07 Å². The van der Waals surface area contributed by atoms with Crippen molar-refractivity contribution in [3.63, 3.8) is 0 Å². The molecule has 3 N–H and O–H groups in total. The normalized spacial score (nSPS) is 9.90. The highest BCUT2D eigenvalue weighted by Crippen LogP contribution is 2.29. The van der Waals surface area contributed by atoms with Crippen LogP contribution in [0.15, 0.2) is 24.3 Å². The minimum atomic E-state index is -0.574. The number of nitrogen functional groups attached to an aromatic ring is 1. The standard InChI is InChI=1S/C10H10N6O4/c1-19-9-12-8(15-11)13-10(14-9)20-7-5-3-2-4-6(7)16(17)18/h2-5H,11H2,1H3,(H,12,13,14,15). The minimum Gasteiger partial charge on any atom is -0.467 e. The molecule has 0 aliphatic rings. The van der Waals surface area contributed by atoms with Gasteiger partial charge in [-0.2, -0.15) is 9.97 Å². The van der Waals surface area contributed by atoms with Crippen LogP contribution in [-0.2, 0) is 0 Å². The van der Waals surface area contributed by atoms with Crippen molar-refractivity contribution in [1.82, 2.24) is 15.0 Å². The van der Waals surface area contributed by atoms with Crippen molar-refractivity contribution in [1.29, 1.82) is 0 Å². The molecule has 0 bridgehead atoms. The lowest BCUT2D eigenvalue weighted by Crippen LogP contribution is -2.12. The molecule has 20 heavy (non-hydrogen) atoms. The van der Waals surface area contributed by atoms with Crippen LogP contribution in [-0.4, -0.2) is 27.0 Å². The molecule has 1 heterocycles. The zero-order valence-corrected chi connectivity index (χ0v) is 10.3. The first kappa shape index (κ1) is 13.4. The molecule has 0 aliphatic carbocycles. The van der Waals surface area contributed by atoms with E-state index in [9.17, 15) is 10.1 Å². The number of nitro benzene ring substituents is 1. The fraction of sp³-hybridized carbons (Fsp3) is 0.100. The molecule has 1 aromatic heterocycles. The average Bonchev–Trinajstić information content (AvgIpc) is 2.47. The largest absolute Gasteiger partial charge is 0.467 e. The monoisotopic (exact) mass is 278 g/mol. The lowest BCUT2D eigenvalue weighted by molar-refractivity contribution is -0.385. The lowest BCUT2D eigenvalue weighted by atomic mass is 10.3. The number of ether oxygens (including phenoxy) is 2. The Morgan fingerprint density at radius 1 is 1.25 bits per heavy atom. The number of methoxy groups -OCH3 is 1. The highest BCUT2D eigenvalue weighted by Gasteiger charge is 2.17. The predicted octanol–water partition coefficient (Wildman–Crippen LogP) is 0.866. The molecule has 0 spiro atoms. The summed E-state index contributed by atoms with van der Waals surface area (Å²) in [5, 5.41) is 10.9. The maximum Gasteiger partial charge on any atom is 0.330 e. The van der Waals surface area contributed by atoms with Gasteiger partial charge in [-0.15, -0.1) is 4.98 Å². The molecular weight excluding hydrogens is 268 g/mol. The summed E-state index contributed by atoms with van der Waals surface area (Å²) in [5.41, 5.74) is 2.00. The lowest BCUT2D eigenvalue weighted by Gasteiger charge is -2.06. The summed E-state index contributed by atoms with van der Waals surface area (Å²) >= 11 is 0. The third-order valence-corrected chi connectivity index (χ3v) is 2.17. The van der Waals surface area contributed by atoms with Crippen molar-refractivity contribution in [2.75, 3.05) is 12.5 Å². The first-order valence-electron chi connectivity index (χ1n) is 5.32. The number of nitrogens with two attached hydrogens (primary N) is 1. The Morgan fingerprint density at radius 3 is 2.60 bits per heavy atom. The smallest absolute Gasteiger partial charge is 0.330 e. The number of nitrogens with zero attached hydrogens (tertiary/aromatic N) is 4. The third kappa shape index (κ3) is 2.87. The minimum absolute atomic E-state index is 0.00503. The van der Waals surface area contributed by atoms with Gasteiger partial charge in [-0.25, -0.2) is 5.84 Å². The average molecular weight is 278 g/mol. The zero-order valence-electron chi connectivity index (χ0n) is 10.3. The maximum absolute atomic E-state index is 10.9. The molecule has 10 nitrogen and oxygen atoms in total. The van der Waals surface area contributed by atoms with E-state index >= 15 is 0 Å². The summed E-state index contributed by atoms with van der Waals surface area (Å²) in [6, 6.07) is 5.61. The van der Waals surface area contributed by atoms with E-state index in [0.29, 0.717) is 0 Å². The molecule has 0 saturated heterocycles. The molecule has 0 unspecified atom stereocenters. The van der Waals surface area contributed by atoms with Crippen molar-refractivity contribution < 1.29 is 14.4 Å². The maximum atomic E-state index is 10.9. The number of anilines is 1. The Kier molecular flexibility index (Phi) is 3.86. The number of hydrogen-bond acceptors (Lipinski definition) is 9. The first-order valence-corrected chi connectivity index (χ1v) is 5.32. The highest BCUT2D eigenvalue weighted by atomic mass is 16.6. The summed E-state index contributed by atoms with van der Waals surface area (Å²) in [6.45, 7) is 0. The summed E-state index contributed by atoms with van der Waals surface area (Å²) in [7, 11) is 1.35. The molecule has 2 rings (SSSR count). The number of para-hydroxylation sites is 2. The Hall–Kier alpha value is -3.01. The van der Waals surface area contributed by atoms with E-state index < -0.39 is 4.92 Å². The number of nitrogens with one attached hydrogen (secondary N) is 1. The quantitative estimate of drug-likeness (QED) is 0.463. The zero-order chi connectivity index (χ0) is 14.5. The van der Waals surface area contributed by atoms with Crippen LogP contribution in [0.3, 0.4) is 0 Å². The van der Waals surface area contributed by atoms with Gasteiger partial charge in [0.1, 0.15) is 0 Å². The van der Waals surface area contributed by atoms with Crippen LogP contribution < -0.4 is 20.7 Å². The van der Waals surface area contributed by atoms with Crippen molar-refractivity contribution in [2.24, 2.45) is 5.84 Å². The molecule has 0 atom stereocenters. The molecule has 0 fully saturated rings. The number of hydrazine groups is 1. The Labute approximate surface area is 112 Å². The van der Waals surface area contributed by atoms with Gasteiger partial charge in [0.2, 0.25) is 11.7 Å². The van der Waals surface area contributed by atoms with Crippen LogP contribution in [0.2, 0.25) is 0 Å². The molecule has 0 amide bonds. The second-order valence-electron chi connectivity index (χ2n) is 3.40. The van der Waals surface area contributed by atoms with E-state index in [-0.39, 0.29) is 29.4 Å². The van der Waals surface area contributed by atoms with E-state index in [1.807, 2.05) is 0 Å². The molecule has 0 aliphatic heterocycles. The van der Waals surface area contributed by atoms with Gasteiger partial charge in [-0.3, -0.25) is 15.5 Å². The van der Waals surface area contributed by atoms with Crippen LogP contribution in [0.4, 0.5) is 11.6 Å². The van der Waals surface area contributed by atoms with Gasteiger partial charge in [-0.05, 0) is 6.07 Å². The van der Waals surface area contributed by atoms with Gasteiger partial charge in [0.25, 0.3) is 0 Å². The predicted molar refractivity (Wildman–Crippen MR) is 67.4 cm³/mol. The summed E-state index contributed by atoms with van der Waals surface area (Å²) in [6.07, 6.45) is 0.